The van der Waals surface area contributed by atoms with Crippen LogP contribution in [0.3, 0.4) is 0 Å². The van der Waals surface area contributed by atoms with E-state index in [1.165, 1.54) is 12.8 Å². The first-order valence-electron chi connectivity index (χ1n) is 5.76. The number of halogens is 1. The minimum absolute atomic E-state index is 0.147. The van der Waals surface area contributed by atoms with E-state index in [1.807, 2.05) is 13.0 Å². The van der Waals surface area contributed by atoms with Gasteiger partial charge in [0.25, 0.3) is 0 Å². The molecule has 1 atom stereocenters. The topological polar surface area (TPSA) is 68.0 Å². The molecule has 4 nitrogen and oxygen atoms in total. The summed E-state index contributed by atoms with van der Waals surface area (Å²) in [5.74, 6) is 1.06. The molecule has 1 fully saturated rings. The highest BCUT2D eigenvalue weighted by Gasteiger charge is 2.27. The van der Waals surface area contributed by atoms with Crippen molar-refractivity contribution < 1.29 is 4.79 Å². The van der Waals surface area contributed by atoms with Gasteiger partial charge in [0.1, 0.15) is 5.82 Å². The van der Waals surface area contributed by atoms with Crippen LogP contribution in [0, 0.1) is 12.8 Å². The summed E-state index contributed by atoms with van der Waals surface area (Å²) in [6.45, 7) is 1.88. The summed E-state index contributed by atoms with van der Waals surface area (Å²) in [5.41, 5.74) is 6.67. The second-order valence-corrected chi connectivity index (χ2v) is 5.39. The number of rotatable bonds is 4. The van der Waals surface area contributed by atoms with Gasteiger partial charge in [-0.15, -0.1) is 0 Å². The van der Waals surface area contributed by atoms with Crippen molar-refractivity contribution in [1.82, 2.24) is 4.98 Å². The second-order valence-electron chi connectivity index (χ2n) is 4.54. The Bertz CT molecular complexity index is 432. The van der Waals surface area contributed by atoms with Gasteiger partial charge in [-0.2, -0.15) is 0 Å². The third-order valence-corrected chi connectivity index (χ3v) is 3.73. The number of hydrogen-bond donors (Lipinski definition) is 2. The van der Waals surface area contributed by atoms with Gasteiger partial charge in [0.05, 0.1) is 11.7 Å². The summed E-state index contributed by atoms with van der Waals surface area (Å²) >= 11 is 3.37. The Kier molecular flexibility index (Phi) is 3.79. The molecule has 1 aliphatic carbocycles. The molecule has 1 amide bonds. The summed E-state index contributed by atoms with van der Waals surface area (Å²) in [4.78, 5) is 16.0. The lowest BCUT2D eigenvalue weighted by Crippen LogP contribution is -2.36. The fourth-order valence-corrected chi connectivity index (χ4v) is 1.87. The molecule has 0 bridgehead atoms. The van der Waals surface area contributed by atoms with Gasteiger partial charge in [-0.1, -0.05) is 12.8 Å². The first-order chi connectivity index (χ1) is 8.06. The minimum Gasteiger partial charge on any atom is -0.320 e. The number of carbonyl (C=O) groups excluding carboxylic acids is 1. The third kappa shape index (κ3) is 3.51. The van der Waals surface area contributed by atoms with Crippen LogP contribution in [-0.4, -0.2) is 16.9 Å². The van der Waals surface area contributed by atoms with E-state index in [-0.39, 0.29) is 5.91 Å². The molecule has 0 aliphatic heterocycles. The van der Waals surface area contributed by atoms with Crippen molar-refractivity contribution in [1.29, 1.82) is 0 Å². The molecule has 1 aliphatic rings. The average Bonchev–Trinajstić information content (AvgIpc) is 3.07. The van der Waals surface area contributed by atoms with Gasteiger partial charge in [-0.25, -0.2) is 4.98 Å². The standard InChI is InChI=1S/C12H16BrN3O/c1-7-9(13)4-5-11(15-7)16-12(17)10(14)6-8-2-3-8/h4-5,8,10H,2-3,6,14H2,1H3,(H,15,16,17)/t10-/m0/s1. The molecule has 0 unspecified atom stereocenters. The molecule has 92 valence electrons. The van der Waals surface area contributed by atoms with Crippen molar-refractivity contribution in [3.63, 3.8) is 0 Å². The van der Waals surface area contributed by atoms with Crippen LogP contribution in [0.25, 0.3) is 0 Å². The van der Waals surface area contributed by atoms with Crippen LogP contribution in [0.15, 0.2) is 16.6 Å². The number of amides is 1. The second kappa shape index (κ2) is 5.14. The van der Waals surface area contributed by atoms with Crippen LogP contribution in [0.1, 0.15) is 25.0 Å². The first kappa shape index (κ1) is 12.5. The number of aryl methyl sites for hydroxylation is 1. The lowest BCUT2D eigenvalue weighted by molar-refractivity contribution is -0.117. The van der Waals surface area contributed by atoms with E-state index in [9.17, 15) is 4.79 Å². The Labute approximate surface area is 109 Å². The van der Waals surface area contributed by atoms with Gasteiger partial charge in [-0.3, -0.25) is 4.79 Å². The molecule has 1 saturated carbocycles. The zero-order chi connectivity index (χ0) is 12.4. The monoisotopic (exact) mass is 297 g/mol. The van der Waals surface area contributed by atoms with Crippen molar-refractivity contribution >= 4 is 27.7 Å². The highest BCUT2D eigenvalue weighted by Crippen LogP contribution is 2.33. The Balaban J connectivity index is 1.94. The van der Waals surface area contributed by atoms with Gasteiger partial charge in [0.2, 0.25) is 5.91 Å². The van der Waals surface area contributed by atoms with Gasteiger partial charge in [-0.05, 0) is 47.3 Å². The van der Waals surface area contributed by atoms with Crippen molar-refractivity contribution in [3.8, 4) is 0 Å². The van der Waals surface area contributed by atoms with Crippen molar-refractivity contribution in [2.45, 2.75) is 32.2 Å². The molecule has 0 saturated heterocycles. The minimum atomic E-state index is -0.423. The maximum absolute atomic E-state index is 11.8. The number of hydrogen-bond acceptors (Lipinski definition) is 3. The number of anilines is 1. The predicted molar refractivity (Wildman–Crippen MR) is 70.6 cm³/mol. The summed E-state index contributed by atoms with van der Waals surface area (Å²) in [6.07, 6.45) is 3.19. The lowest BCUT2D eigenvalue weighted by atomic mass is 10.1. The molecule has 0 spiro atoms. The number of nitrogens with zero attached hydrogens (tertiary/aromatic N) is 1. The average molecular weight is 298 g/mol. The first-order valence-corrected chi connectivity index (χ1v) is 6.55. The van der Waals surface area contributed by atoms with E-state index in [0.717, 1.165) is 16.6 Å². The maximum atomic E-state index is 11.8. The number of carbonyl (C=O) groups is 1. The molecule has 2 rings (SSSR count). The molecule has 3 N–H and O–H groups in total. The van der Waals surface area contributed by atoms with Crippen LogP contribution in [-0.2, 0) is 4.79 Å². The van der Waals surface area contributed by atoms with Gasteiger partial charge in [0.15, 0.2) is 0 Å². The molecular weight excluding hydrogens is 282 g/mol. The largest absolute Gasteiger partial charge is 0.320 e. The number of nitrogens with two attached hydrogens (primary N) is 1. The number of pyridine rings is 1. The van der Waals surface area contributed by atoms with E-state index < -0.39 is 6.04 Å². The summed E-state index contributed by atoms with van der Waals surface area (Å²) in [5, 5.41) is 2.75. The van der Waals surface area contributed by atoms with E-state index in [2.05, 4.69) is 26.2 Å². The quantitative estimate of drug-likeness (QED) is 0.895. The van der Waals surface area contributed by atoms with Crippen LogP contribution < -0.4 is 11.1 Å². The van der Waals surface area contributed by atoms with Crippen LogP contribution in [0.4, 0.5) is 5.82 Å². The SMILES string of the molecule is Cc1nc(NC(=O)[C@@H](N)CC2CC2)ccc1Br. The summed E-state index contributed by atoms with van der Waals surface area (Å²) < 4.78 is 0.928. The molecule has 1 aromatic rings. The van der Waals surface area contributed by atoms with Crippen molar-refractivity contribution in [3.05, 3.63) is 22.3 Å². The van der Waals surface area contributed by atoms with Crippen LogP contribution >= 0.6 is 15.9 Å². The Hall–Kier alpha value is -0.940. The number of nitrogens with one attached hydrogen (secondary N) is 1. The van der Waals surface area contributed by atoms with Gasteiger partial charge in [0, 0.05) is 4.47 Å². The summed E-state index contributed by atoms with van der Waals surface area (Å²) in [6, 6.07) is 3.21. The van der Waals surface area contributed by atoms with Crippen molar-refractivity contribution in [2.75, 3.05) is 5.32 Å². The fourth-order valence-electron chi connectivity index (χ4n) is 1.65. The Morgan fingerprint density at radius 1 is 1.65 bits per heavy atom. The molecule has 0 radical (unpaired) electrons. The van der Waals surface area contributed by atoms with E-state index in [0.29, 0.717) is 11.7 Å². The highest BCUT2D eigenvalue weighted by molar-refractivity contribution is 9.10. The Morgan fingerprint density at radius 3 is 2.94 bits per heavy atom. The molecular formula is C12H16BrN3O. The van der Waals surface area contributed by atoms with E-state index in [4.69, 9.17) is 5.73 Å². The van der Waals surface area contributed by atoms with E-state index >= 15 is 0 Å². The lowest BCUT2D eigenvalue weighted by Gasteiger charge is -2.11. The zero-order valence-electron chi connectivity index (χ0n) is 9.74. The molecule has 0 aromatic carbocycles. The molecule has 5 heteroatoms. The van der Waals surface area contributed by atoms with Crippen LogP contribution in [0.5, 0.6) is 0 Å². The van der Waals surface area contributed by atoms with Gasteiger partial charge >= 0.3 is 0 Å². The fraction of sp³-hybridized carbons (Fsp3) is 0.500. The maximum Gasteiger partial charge on any atom is 0.242 e. The van der Waals surface area contributed by atoms with Crippen LogP contribution in [0.2, 0.25) is 0 Å². The molecule has 17 heavy (non-hydrogen) atoms. The molecule has 1 aromatic heterocycles. The molecule has 1 heterocycles. The zero-order valence-corrected chi connectivity index (χ0v) is 11.3. The van der Waals surface area contributed by atoms with E-state index in [1.54, 1.807) is 6.07 Å². The van der Waals surface area contributed by atoms with Gasteiger partial charge < -0.3 is 11.1 Å². The number of aromatic nitrogens is 1. The summed E-state index contributed by atoms with van der Waals surface area (Å²) in [7, 11) is 0. The Morgan fingerprint density at radius 2 is 2.35 bits per heavy atom. The third-order valence-electron chi connectivity index (χ3n) is 2.89. The predicted octanol–water partition coefficient (Wildman–Crippen LogP) is 2.22. The normalized spacial score (nSPS) is 16.6. The smallest absolute Gasteiger partial charge is 0.242 e. The highest BCUT2D eigenvalue weighted by atomic mass is 79.9. The van der Waals surface area contributed by atoms with Crippen molar-refractivity contribution in [2.24, 2.45) is 11.7 Å².